The molecular weight excluding hydrogens is 217 g/mol. The van der Waals surface area contributed by atoms with Crippen molar-refractivity contribution in [3.05, 3.63) is 29.6 Å². The van der Waals surface area contributed by atoms with Crippen molar-refractivity contribution in [3.8, 4) is 0 Å². The highest BCUT2D eigenvalue weighted by Crippen LogP contribution is 2.28. The van der Waals surface area contributed by atoms with Gasteiger partial charge in [0.2, 0.25) is 0 Å². The Hall–Kier alpha value is -1.09. The fourth-order valence-electron chi connectivity index (χ4n) is 2.40. The van der Waals surface area contributed by atoms with E-state index in [1.165, 1.54) is 6.07 Å². The van der Waals surface area contributed by atoms with Crippen LogP contribution in [0.5, 0.6) is 0 Å². The molecule has 1 fully saturated rings. The Morgan fingerprint density at radius 1 is 1.29 bits per heavy atom. The van der Waals surface area contributed by atoms with Crippen molar-refractivity contribution in [1.82, 2.24) is 0 Å². The number of hydrogen-bond donors (Lipinski definition) is 1. The number of rotatable bonds is 2. The van der Waals surface area contributed by atoms with Gasteiger partial charge in [0.25, 0.3) is 0 Å². The topological polar surface area (TPSA) is 23.5 Å². The average Bonchev–Trinajstić information content (AvgIpc) is 2.32. The van der Waals surface area contributed by atoms with Crippen LogP contribution in [0.2, 0.25) is 0 Å². The van der Waals surface area contributed by atoms with Crippen molar-refractivity contribution < 1.29 is 9.50 Å². The molecule has 0 aliphatic carbocycles. The van der Waals surface area contributed by atoms with Crippen LogP contribution < -0.4 is 4.90 Å². The van der Waals surface area contributed by atoms with E-state index in [0.29, 0.717) is 11.5 Å². The van der Waals surface area contributed by atoms with E-state index in [0.717, 1.165) is 31.1 Å². The minimum absolute atomic E-state index is 0.107. The molecule has 1 saturated heterocycles. The van der Waals surface area contributed by atoms with Crippen molar-refractivity contribution in [2.75, 3.05) is 18.0 Å². The summed E-state index contributed by atoms with van der Waals surface area (Å²) in [6, 6.07) is 4.83. The summed E-state index contributed by atoms with van der Waals surface area (Å²) >= 11 is 0. The van der Waals surface area contributed by atoms with Crippen LogP contribution in [-0.4, -0.2) is 18.2 Å². The lowest BCUT2D eigenvalue weighted by Gasteiger charge is -2.37. The lowest BCUT2D eigenvalue weighted by Crippen LogP contribution is -2.38. The van der Waals surface area contributed by atoms with E-state index >= 15 is 0 Å². The van der Waals surface area contributed by atoms with Crippen LogP contribution in [0.15, 0.2) is 18.2 Å². The number of aliphatic hydroxyl groups excluding tert-OH is 1. The van der Waals surface area contributed by atoms with E-state index in [4.69, 9.17) is 5.11 Å². The van der Waals surface area contributed by atoms with E-state index in [-0.39, 0.29) is 12.4 Å². The lowest BCUT2D eigenvalue weighted by molar-refractivity contribution is 0.281. The number of anilines is 1. The van der Waals surface area contributed by atoms with Gasteiger partial charge in [-0.3, -0.25) is 0 Å². The maximum atomic E-state index is 13.4. The zero-order valence-electron chi connectivity index (χ0n) is 10.5. The van der Waals surface area contributed by atoms with Gasteiger partial charge in [-0.05, 0) is 42.0 Å². The number of benzene rings is 1. The molecule has 1 heterocycles. The summed E-state index contributed by atoms with van der Waals surface area (Å²) in [6.07, 6.45) is 1.14. The van der Waals surface area contributed by atoms with Crippen LogP contribution in [-0.2, 0) is 6.61 Å². The molecule has 1 N–H and O–H groups in total. The smallest absolute Gasteiger partial charge is 0.125 e. The first-order chi connectivity index (χ1) is 8.10. The van der Waals surface area contributed by atoms with Crippen molar-refractivity contribution in [2.45, 2.75) is 26.9 Å². The molecule has 2 rings (SSSR count). The molecule has 3 heteroatoms. The average molecular weight is 237 g/mol. The summed E-state index contributed by atoms with van der Waals surface area (Å²) in [5.41, 5.74) is 1.54. The van der Waals surface area contributed by atoms with Crippen molar-refractivity contribution in [1.29, 1.82) is 0 Å². The third-order valence-corrected chi connectivity index (χ3v) is 3.82. The second-order valence-corrected chi connectivity index (χ2v) is 5.17. The molecule has 0 saturated carbocycles. The number of halogens is 1. The molecule has 0 radical (unpaired) electrons. The summed E-state index contributed by atoms with van der Waals surface area (Å²) in [5, 5.41) is 9.09. The molecule has 1 aliphatic heterocycles. The van der Waals surface area contributed by atoms with Crippen LogP contribution in [0.25, 0.3) is 0 Å². The molecule has 1 aliphatic rings. The Bertz CT molecular complexity index is 394. The Labute approximate surface area is 102 Å². The summed E-state index contributed by atoms with van der Waals surface area (Å²) in [5.74, 6) is 1.10. The van der Waals surface area contributed by atoms with E-state index < -0.39 is 0 Å². The summed E-state index contributed by atoms with van der Waals surface area (Å²) in [6.45, 7) is 6.34. The van der Waals surface area contributed by atoms with Crippen molar-refractivity contribution in [3.63, 3.8) is 0 Å². The van der Waals surface area contributed by atoms with Gasteiger partial charge in [0.05, 0.1) is 6.61 Å². The van der Waals surface area contributed by atoms with Gasteiger partial charge in [-0.2, -0.15) is 0 Å². The Balaban J connectivity index is 2.19. The molecule has 0 amide bonds. The predicted octanol–water partition coefficient (Wildman–Crippen LogP) is 2.80. The molecule has 2 nitrogen and oxygen atoms in total. The fraction of sp³-hybridized carbons (Fsp3) is 0.571. The van der Waals surface area contributed by atoms with Crippen LogP contribution in [0.1, 0.15) is 25.8 Å². The second kappa shape index (κ2) is 5.05. The summed E-state index contributed by atoms with van der Waals surface area (Å²) in [7, 11) is 0. The Morgan fingerprint density at radius 3 is 2.71 bits per heavy atom. The first-order valence-electron chi connectivity index (χ1n) is 6.25. The third-order valence-electron chi connectivity index (χ3n) is 3.82. The quantitative estimate of drug-likeness (QED) is 0.855. The first kappa shape index (κ1) is 12.4. The molecule has 0 bridgehead atoms. The second-order valence-electron chi connectivity index (χ2n) is 5.17. The van der Waals surface area contributed by atoms with E-state index in [1.807, 2.05) is 6.07 Å². The van der Waals surface area contributed by atoms with Gasteiger partial charge in [0, 0.05) is 18.8 Å². The molecule has 0 aromatic heterocycles. The normalized spacial score (nSPS) is 25.1. The maximum absolute atomic E-state index is 13.4. The number of aliphatic hydroxyl groups is 1. The third kappa shape index (κ3) is 2.78. The standard InChI is InChI=1S/C14H20FNO/c1-10-3-4-16(8-11(10)2)14-6-12(9-17)5-13(15)7-14/h5-7,10-11,17H,3-4,8-9H2,1-2H3. The molecule has 2 unspecified atom stereocenters. The Kier molecular flexibility index (Phi) is 3.67. The minimum atomic E-state index is -0.266. The molecule has 1 aromatic carbocycles. The van der Waals surface area contributed by atoms with Crippen LogP contribution >= 0.6 is 0 Å². The summed E-state index contributed by atoms with van der Waals surface area (Å²) < 4.78 is 13.4. The van der Waals surface area contributed by atoms with Crippen LogP contribution in [0.4, 0.5) is 10.1 Å². The zero-order valence-corrected chi connectivity index (χ0v) is 10.5. The van der Waals surface area contributed by atoms with Gasteiger partial charge in [-0.25, -0.2) is 4.39 Å². The van der Waals surface area contributed by atoms with Crippen molar-refractivity contribution >= 4 is 5.69 Å². The highest BCUT2D eigenvalue weighted by atomic mass is 19.1. The largest absolute Gasteiger partial charge is 0.392 e. The van der Waals surface area contributed by atoms with Gasteiger partial charge in [0.1, 0.15) is 5.82 Å². The van der Waals surface area contributed by atoms with E-state index in [2.05, 4.69) is 18.7 Å². The number of piperidine rings is 1. The van der Waals surface area contributed by atoms with E-state index in [9.17, 15) is 4.39 Å². The van der Waals surface area contributed by atoms with Gasteiger partial charge < -0.3 is 10.0 Å². The number of nitrogens with zero attached hydrogens (tertiary/aromatic N) is 1. The molecule has 2 atom stereocenters. The van der Waals surface area contributed by atoms with Gasteiger partial charge in [-0.1, -0.05) is 13.8 Å². The van der Waals surface area contributed by atoms with Gasteiger partial charge in [-0.15, -0.1) is 0 Å². The van der Waals surface area contributed by atoms with Crippen LogP contribution in [0, 0.1) is 17.7 Å². The molecule has 1 aromatic rings. The Morgan fingerprint density at radius 2 is 2.06 bits per heavy atom. The molecule has 0 spiro atoms. The summed E-state index contributed by atoms with van der Waals surface area (Å²) in [4.78, 5) is 2.22. The maximum Gasteiger partial charge on any atom is 0.125 e. The predicted molar refractivity (Wildman–Crippen MR) is 67.5 cm³/mol. The van der Waals surface area contributed by atoms with Crippen LogP contribution in [0.3, 0.4) is 0 Å². The van der Waals surface area contributed by atoms with Crippen molar-refractivity contribution in [2.24, 2.45) is 11.8 Å². The number of hydrogen-bond acceptors (Lipinski definition) is 2. The minimum Gasteiger partial charge on any atom is -0.392 e. The first-order valence-corrected chi connectivity index (χ1v) is 6.25. The van der Waals surface area contributed by atoms with E-state index in [1.54, 1.807) is 6.07 Å². The van der Waals surface area contributed by atoms with Gasteiger partial charge >= 0.3 is 0 Å². The highest BCUT2D eigenvalue weighted by Gasteiger charge is 2.23. The highest BCUT2D eigenvalue weighted by molar-refractivity contribution is 5.49. The zero-order chi connectivity index (χ0) is 12.4. The van der Waals surface area contributed by atoms with Gasteiger partial charge in [0.15, 0.2) is 0 Å². The fourth-order valence-corrected chi connectivity index (χ4v) is 2.40. The molecule has 94 valence electrons. The monoisotopic (exact) mass is 237 g/mol. The molecular formula is C14H20FNO. The molecule has 17 heavy (non-hydrogen) atoms. The SMILES string of the molecule is CC1CCN(c2cc(F)cc(CO)c2)CC1C. The lowest BCUT2D eigenvalue weighted by atomic mass is 9.88.